The molecule has 1 aromatic heterocycles. The molecule has 1 aromatic carbocycles. The van der Waals surface area contributed by atoms with Gasteiger partial charge in [0.2, 0.25) is 0 Å². The molecule has 0 radical (unpaired) electrons. The lowest BCUT2D eigenvalue weighted by Crippen LogP contribution is -2.26. The number of benzene rings is 1. The number of aromatic nitrogens is 1. The summed E-state index contributed by atoms with van der Waals surface area (Å²) in [5, 5.41) is 11.0. The number of ketones is 1. The van der Waals surface area contributed by atoms with Gasteiger partial charge in [-0.15, -0.1) is 0 Å². The average Bonchev–Trinajstić information content (AvgIpc) is 2.30. The monoisotopic (exact) mass is 213 g/mol. The molecule has 0 saturated carbocycles. The topological polar surface area (TPSA) is 44.0 Å². The molecule has 0 fully saturated rings. The number of hydrogen-bond acceptors (Lipinski definition) is 2. The Kier molecular flexibility index (Phi) is 2.96. The summed E-state index contributed by atoms with van der Waals surface area (Å²) < 4.78 is 0.637. The van der Waals surface area contributed by atoms with Crippen LogP contribution >= 0.6 is 0 Å². The first-order valence-corrected chi connectivity index (χ1v) is 5.01. The van der Waals surface area contributed by atoms with Crippen LogP contribution in [0, 0.1) is 5.21 Å². The summed E-state index contributed by atoms with van der Waals surface area (Å²) in [7, 11) is 0. The maximum absolute atomic E-state index is 11.8. The quantitative estimate of drug-likeness (QED) is 0.443. The van der Waals surface area contributed by atoms with E-state index in [1.807, 2.05) is 30.3 Å². The zero-order valence-corrected chi connectivity index (χ0v) is 8.67. The normalized spacial score (nSPS) is 10.0. The van der Waals surface area contributed by atoms with E-state index >= 15 is 0 Å². The molecule has 0 unspecified atom stereocenters. The second-order valence-electron chi connectivity index (χ2n) is 3.54. The first-order chi connectivity index (χ1) is 7.75. The van der Waals surface area contributed by atoms with Crippen LogP contribution in [0.25, 0.3) is 0 Å². The van der Waals surface area contributed by atoms with Crippen LogP contribution in [-0.2, 0) is 6.42 Å². The molecule has 80 valence electrons. The Hall–Kier alpha value is -2.16. The van der Waals surface area contributed by atoms with E-state index in [0.29, 0.717) is 16.7 Å². The van der Waals surface area contributed by atoms with Gasteiger partial charge in [0.15, 0.2) is 18.2 Å². The second kappa shape index (κ2) is 4.57. The highest BCUT2D eigenvalue weighted by Crippen LogP contribution is 2.05. The molecule has 0 amide bonds. The summed E-state index contributed by atoms with van der Waals surface area (Å²) in [6, 6.07) is 12.7. The molecule has 2 rings (SSSR count). The smallest absolute Gasteiger partial charge is 0.191 e. The van der Waals surface area contributed by atoms with Crippen molar-refractivity contribution < 1.29 is 9.52 Å². The maximum atomic E-state index is 11.8. The van der Waals surface area contributed by atoms with Crippen molar-refractivity contribution in [1.82, 2.24) is 0 Å². The summed E-state index contributed by atoms with van der Waals surface area (Å²) in [5.74, 6) is -0.0450. The minimum Gasteiger partial charge on any atom is -0.619 e. The number of rotatable bonds is 3. The third kappa shape index (κ3) is 2.45. The predicted molar refractivity (Wildman–Crippen MR) is 59.9 cm³/mol. The molecule has 0 aliphatic heterocycles. The summed E-state index contributed by atoms with van der Waals surface area (Å²) in [6.45, 7) is 0. The highest BCUT2D eigenvalue weighted by atomic mass is 16.5. The molecule has 0 aliphatic carbocycles. The molecule has 2 aromatic rings. The highest BCUT2D eigenvalue weighted by molar-refractivity contribution is 5.96. The fraction of sp³-hybridized carbons (Fsp3) is 0.0769. The SMILES string of the molecule is O=C(Cc1ccccc1)c1ccc[n+]([O-])c1. The molecular formula is C13H11NO2. The van der Waals surface area contributed by atoms with E-state index in [4.69, 9.17) is 0 Å². The Balaban J connectivity index is 2.15. The number of Topliss-reactive ketones (excluding diaryl/α,β-unsaturated/α-hetero) is 1. The van der Waals surface area contributed by atoms with Gasteiger partial charge in [0.25, 0.3) is 0 Å². The number of carbonyl (C=O) groups excluding carboxylic acids is 1. The van der Waals surface area contributed by atoms with E-state index in [1.165, 1.54) is 12.4 Å². The fourth-order valence-electron chi connectivity index (χ4n) is 1.50. The Labute approximate surface area is 93.6 Å². The van der Waals surface area contributed by atoms with Gasteiger partial charge in [-0.05, 0) is 11.6 Å². The van der Waals surface area contributed by atoms with Crippen molar-refractivity contribution in [3.8, 4) is 0 Å². The summed E-state index contributed by atoms with van der Waals surface area (Å²) >= 11 is 0. The Morgan fingerprint density at radius 3 is 2.56 bits per heavy atom. The second-order valence-corrected chi connectivity index (χ2v) is 3.54. The third-order valence-electron chi connectivity index (χ3n) is 2.30. The van der Waals surface area contributed by atoms with Crippen LogP contribution in [0.1, 0.15) is 15.9 Å². The molecule has 16 heavy (non-hydrogen) atoms. The van der Waals surface area contributed by atoms with Gasteiger partial charge in [-0.1, -0.05) is 30.3 Å². The summed E-state index contributed by atoms with van der Waals surface area (Å²) in [6.07, 6.45) is 2.98. The van der Waals surface area contributed by atoms with Crippen molar-refractivity contribution in [3.05, 3.63) is 71.2 Å². The number of pyridine rings is 1. The molecule has 0 N–H and O–H groups in total. The lowest BCUT2D eigenvalue weighted by molar-refractivity contribution is -0.605. The summed E-state index contributed by atoms with van der Waals surface area (Å²) in [5.41, 5.74) is 1.40. The maximum Gasteiger partial charge on any atom is 0.191 e. The Morgan fingerprint density at radius 1 is 1.12 bits per heavy atom. The van der Waals surface area contributed by atoms with Crippen molar-refractivity contribution in [1.29, 1.82) is 0 Å². The van der Waals surface area contributed by atoms with Crippen LogP contribution in [0.2, 0.25) is 0 Å². The van der Waals surface area contributed by atoms with Gasteiger partial charge in [-0.25, -0.2) is 0 Å². The van der Waals surface area contributed by atoms with E-state index < -0.39 is 0 Å². The van der Waals surface area contributed by atoms with E-state index in [1.54, 1.807) is 12.1 Å². The average molecular weight is 213 g/mol. The molecule has 3 heteroatoms. The van der Waals surface area contributed by atoms with Gasteiger partial charge in [0, 0.05) is 12.5 Å². The van der Waals surface area contributed by atoms with Crippen molar-refractivity contribution in [2.24, 2.45) is 0 Å². The zero-order valence-electron chi connectivity index (χ0n) is 8.67. The fourth-order valence-corrected chi connectivity index (χ4v) is 1.50. The van der Waals surface area contributed by atoms with E-state index in [-0.39, 0.29) is 5.78 Å². The number of carbonyl (C=O) groups is 1. The molecule has 0 saturated heterocycles. The van der Waals surface area contributed by atoms with Gasteiger partial charge in [0.1, 0.15) is 0 Å². The van der Waals surface area contributed by atoms with Gasteiger partial charge >= 0.3 is 0 Å². The lowest BCUT2D eigenvalue weighted by Gasteiger charge is -2.01. The largest absolute Gasteiger partial charge is 0.619 e. The van der Waals surface area contributed by atoms with E-state index in [2.05, 4.69) is 0 Å². The Morgan fingerprint density at radius 2 is 1.88 bits per heavy atom. The first-order valence-electron chi connectivity index (χ1n) is 5.01. The van der Waals surface area contributed by atoms with Gasteiger partial charge < -0.3 is 5.21 Å². The van der Waals surface area contributed by atoms with Crippen LogP contribution in [0.5, 0.6) is 0 Å². The minimum absolute atomic E-state index is 0.0450. The molecule has 0 aliphatic rings. The van der Waals surface area contributed by atoms with Gasteiger partial charge in [0.05, 0.1) is 5.56 Å². The lowest BCUT2D eigenvalue weighted by atomic mass is 10.0. The van der Waals surface area contributed by atoms with Crippen LogP contribution in [0.15, 0.2) is 54.9 Å². The van der Waals surface area contributed by atoms with Crippen molar-refractivity contribution in [2.75, 3.05) is 0 Å². The molecule has 3 nitrogen and oxygen atoms in total. The van der Waals surface area contributed by atoms with Crippen molar-refractivity contribution >= 4 is 5.78 Å². The number of hydrogen-bond donors (Lipinski definition) is 0. The van der Waals surface area contributed by atoms with Crippen LogP contribution in [-0.4, -0.2) is 5.78 Å². The van der Waals surface area contributed by atoms with Crippen LogP contribution < -0.4 is 4.73 Å². The third-order valence-corrected chi connectivity index (χ3v) is 2.30. The highest BCUT2D eigenvalue weighted by Gasteiger charge is 2.09. The molecule has 0 atom stereocenters. The van der Waals surface area contributed by atoms with E-state index in [0.717, 1.165) is 5.56 Å². The first kappa shape index (κ1) is 10.4. The molecule has 0 spiro atoms. The van der Waals surface area contributed by atoms with Crippen molar-refractivity contribution in [3.63, 3.8) is 0 Å². The number of nitrogens with zero attached hydrogens (tertiary/aromatic N) is 1. The minimum atomic E-state index is -0.0450. The van der Waals surface area contributed by atoms with Crippen LogP contribution in [0.4, 0.5) is 0 Å². The van der Waals surface area contributed by atoms with Crippen LogP contribution in [0.3, 0.4) is 0 Å². The van der Waals surface area contributed by atoms with Gasteiger partial charge in [-0.3, -0.25) is 4.79 Å². The van der Waals surface area contributed by atoms with Gasteiger partial charge in [-0.2, -0.15) is 4.73 Å². The Bertz CT molecular complexity index is 494. The van der Waals surface area contributed by atoms with Crippen molar-refractivity contribution in [2.45, 2.75) is 6.42 Å². The molecular weight excluding hydrogens is 202 g/mol. The molecule has 1 heterocycles. The molecule has 0 bridgehead atoms. The standard InChI is InChI=1S/C13H11NO2/c15-13(9-11-5-2-1-3-6-11)12-7-4-8-14(16)10-12/h1-8,10H,9H2. The zero-order chi connectivity index (χ0) is 11.4. The summed E-state index contributed by atoms with van der Waals surface area (Å²) in [4.78, 5) is 11.8. The van der Waals surface area contributed by atoms with E-state index in [9.17, 15) is 10.0 Å². The predicted octanol–water partition coefficient (Wildman–Crippen LogP) is 1.75.